The molecular formula is C17H28N2. The minimum absolute atomic E-state index is 0.502. The van der Waals surface area contributed by atoms with Gasteiger partial charge in [0.15, 0.2) is 0 Å². The average Bonchev–Trinajstić information content (AvgIpc) is 3.23. The van der Waals surface area contributed by atoms with Crippen LogP contribution in [0, 0.1) is 0 Å². The number of benzene rings is 1. The highest BCUT2D eigenvalue weighted by molar-refractivity contribution is 5.20. The fourth-order valence-electron chi connectivity index (χ4n) is 2.70. The van der Waals surface area contributed by atoms with Crippen LogP contribution >= 0.6 is 0 Å². The highest BCUT2D eigenvalue weighted by Gasteiger charge is 2.26. The van der Waals surface area contributed by atoms with Gasteiger partial charge >= 0.3 is 0 Å². The molecule has 1 saturated carbocycles. The highest BCUT2D eigenvalue weighted by atomic mass is 15.2. The molecular weight excluding hydrogens is 232 g/mol. The standard InChI is InChI=1S/C17H28N2/c1-4-12-19(14(2)3)17(13-18-16-10-11-16)15-8-6-5-7-9-15/h5-9,14,16-18H,4,10-13H2,1-3H3. The maximum absolute atomic E-state index is 3.71. The van der Waals surface area contributed by atoms with E-state index in [1.807, 2.05) is 0 Å². The van der Waals surface area contributed by atoms with E-state index in [-0.39, 0.29) is 0 Å². The van der Waals surface area contributed by atoms with Crippen LogP contribution in [0.4, 0.5) is 0 Å². The third-order valence-electron chi connectivity index (χ3n) is 3.91. The Kier molecular flexibility index (Phi) is 5.41. The molecule has 0 heterocycles. The van der Waals surface area contributed by atoms with E-state index in [1.54, 1.807) is 0 Å². The zero-order chi connectivity index (χ0) is 13.7. The second-order valence-corrected chi connectivity index (χ2v) is 5.94. The summed E-state index contributed by atoms with van der Waals surface area (Å²) in [6.45, 7) is 9.13. The Balaban J connectivity index is 2.10. The summed E-state index contributed by atoms with van der Waals surface area (Å²) in [5.74, 6) is 0. The SMILES string of the molecule is CCCN(C(C)C)C(CNC1CC1)c1ccccc1. The fraction of sp³-hybridized carbons (Fsp3) is 0.647. The maximum atomic E-state index is 3.71. The Hall–Kier alpha value is -0.860. The van der Waals surface area contributed by atoms with E-state index in [0.717, 1.165) is 12.6 Å². The van der Waals surface area contributed by atoms with Crippen LogP contribution in [0.25, 0.3) is 0 Å². The van der Waals surface area contributed by atoms with E-state index < -0.39 is 0 Å². The van der Waals surface area contributed by atoms with Crippen molar-refractivity contribution in [2.75, 3.05) is 13.1 Å². The minimum Gasteiger partial charge on any atom is -0.312 e. The van der Waals surface area contributed by atoms with Crippen molar-refractivity contribution in [1.82, 2.24) is 10.2 Å². The molecule has 0 spiro atoms. The molecule has 0 aliphatic heterocycles. The lowest BCUT2D eigenvalue weighted by Crippen LogP contribution is -2.41. The normalized spacial score (nSPS) is 17.1. The smallest absolute Gasteiger partial charge is 0.0475 e. The molecule has 0 bridgehead atoms. The Morgan fingerprint density at radius 3 is 2.42 bits per heavy atom. The quantitative estimate of drug-likeness (QED) is 0.768. The lowest BCUT2D eigenvalue weighted by molar-refractivity contribution is 0.150. The number of hydrogen-bond donors (Lipinski definition) is 1. The lowest BCUT2D eigenvalue weighted by Gasteiger charge is -2.35. The molecule has 106 valence electrons. The molecule has 0 radical (unpaired) electrons. The zero-order valence-corrected chi connectivity index (χ0v) is 12.6. The predicted octanol–water partition coefficient (Wildman–Crippen LogP) is 3.60. The van der Waals surface area contributed by atoms with Crippen molar-refractivity contribution in [2.24, 2.45) is 0 Å². The number of nitrogens with one attached hydrogen (secondary N) is 1. The molecule has 2 nitrogen and oxygen atoms in total. The van der Waals surface area contributed by atoms with Gasteiger partial charge in [-0.1, -0.05) is 37.3 Å². The summed E-state index contributed by atoms with van der Waals surface area (Å²) >= 11 is 0. The van der Waals surface area contributed by atoms with Gasteiger partial charge in [-0.15, -0.1) is 0 Å². The van der Waals surface area contributed by atoms with E-state index in [2.05, 4.69) is 61.3 Å². The molecule has 0 amide bonds. The van der Waals surface area contributed by atoms with Crippen LogP contribution in [0.5, 0.6) is 0 Å². The van der Waals surface area contributed by atoms with E-state index in [9.17, 15) is 0 Å². The molecule has 19 heavy (non-hydrogen) atoms. The molecule has 2 heteroatoms. The van der Waals surface area contributed by atoms with Crippen LogP contribution in [0.2, 0.25) is 0 Å². The monoisotopic (exact) mass is 260 g/mol. The topological polar surface area (TPSA) is 15.3 Å². The second-order valence-electron chi connectivity index (χ2n) is 5.94. The first-order chi connectivity index (χ1) is 9.22. The molecule has 0 aromatic heterocycles. The Labute approximate surface area is 118 Å². The van der Waals surface area contributed by atoms with Crippen molar-refractivity contribution < 1.29 is 0 Å². The van der Waals surface area contributed by atoms with Crippen LogP contribution in [0.15, 0.2) is 30.3 Å². The molecule has 1 atom stereocenters. The number of nitrogens with zero attached hydrogens (tertiary/aromatic N) is 1. The number of hydrogen-bond acceptors (Lipinski definition) is 2. The maximum Gasteiger partial charge on any atom is 0.0475 e. The van der Waals surface area contributed by atoms with E-state index >= 15 is 0 Å². The van der Waals surface area contributed by atoms with E-state index in [4.69, 9.17) is 0 Å². The summed E-state index contributed by atoms with van der Waals surface area (Å²) in [6.07, 6.45) is 3.93. The molecule has 1 unspecified atom stereocenters. The largest absolute Gasteiger partial charge is 0.312 e. The van der Waals surface area contributed by atoms with Gasteiger partial charge in [0.25, 0.3) is 0 Å². The highest BCUT2D eigenvalue weighted by Crippen LogP contribution is 2.25. The van der Waals surface area contributed by atoms with Crippen LogP contribution in [-0.2, 0) is 0 Å². The fourth-order valence-corrected chi connectivity index (χ4v) is 2.70. The second kappa shape index (κ2) is 7.06. The molecule has 1 fully saturated rings. The van der Waals surface area contributed by atoms with E-state index in [1.165, 1.54) is 31.4 Å². The van der Waals surface area contributed by atoms with Crippen molar-refractivity contribution in [3.8, 4) is 0 Å². The molecule has 1 aliphatic carbocycles. The summed E-state index contributed by atoms with van der Waals surface area (Å²) in [4.78, 5) is 2.63. The zero-order valence-electron chi connectivity index (χ0n) is 12.6. The van der Waals surface area contributed by atoms with E-state index in [0.29, 0.717) is 12.1 Å². The van der Waals surface area contributed by atoms with Gasteiger partial charge in [0.1, 0.15) is 0 Å². The molecule has 1 aliphatic rings. The first-order valence-corrected chi connectivity index (χ1v) is 7.76. The van der Waals surface area contributed by atoms with Crippen molar-refractivity contribution in [1.29, 1.82) is 0 Å². The molecule has 1 N–H and O–H groups in total. The molecule has 1 aromatic rings. The Morgan fingerprint density at radius 2 is 1.89 bits per heavy atom. The Morgan fingerprint density at radius 1 is 1.21 bits per heavy atom. The summed E-state index contributed by atoms with van der Waals surface area (Å²) in [7, 11) is 0. The summed E-state index contributed by atoms with van der Waals surface area (Å²) in [5.41, 5.74) is 1.44. The van der Waals surface area contributed by atoms with Gasteiger partial charge in [-0.25, -0.2) is 0 Å². The summed E-state index contributed by atoms with van der Waals surface area (Å²) < 4.78 is 0. The third kappa shape index (κ3) is 4.32. The number of rotatable bonds is 8. The van der Waals surface area contributed by atoms with Crippen molar-refractivity contribution in [2.45, 2.75) is 58.2 Å². The van der Waals surface area contributed by atoms with Gasteiger partial charge in [-0.05, 0) is 45.2 Å². The van der Waals surface area contributed by atoms with Gasteiger partial charge in [0.2, 0.25) is 0 Å². The molecule has 2 rings (SSSR count). The van der Waals surface area contributed by atoms with Gasteiger partial charge < -0.3 is 5.32 Å². The van der Waals surface area contributed by atoms with Gasteiger partial charge in [0.05, 0.1) is 0 Å². The lowest BCUT2D eigenvalue weighted by atomic mass is 10.0. The molecule has 0 saturated heterocycles. The van der Waals surface area contributed by atoms with Crippen molar-refractivity contribution in [3.05, 3.63) is 35.9 Å². The van der Waals surface area contributed by atoms with Gasteiger partial charge in [-0.3, -0.25) is 4.90 Å². The summed E-state index contributed by atoms with van der Waals surface area (Å²) in [6, 6.07) is 12.8. The van der Waals surface area contributed by atoms with Crippen molar-refractivity contribution >= 4 is 0 Å². The minimum atomic E-state index is 0.502. The first-order valence-electron chi connectivity index (χ1n) is 7.76. The first kappa shape index (κ1) is 14.5. The predicted molar refractivity (Wildman–Crippen MR) is 82.3 cm³/mol. The van der Waals surface area contributed by atoms with Gasteiger partial charge in [-0.2, -0.15) is 0 Å². The summed E-state index contributed by atoms with van der Waals surface area (Å²) in [5, 5.41) is 3.71. The van der Waals surface area contributed by atoms with Crippen LogP contribution < -0.4 is 5.32 Å². The van der Waals surface area contributed by atoms with Crippen LogP contribution in [0.1, 0.15) is 51.6 Å². The van der Waals surface area contributed by atoms with Crippen LogP contribution in [0.3, 0.4) is 0 Å². The third-order valence-corrected chi connectivity index (χ3v) is 3.91. The average molecular weight is 260 g/mol. The van der Waals surface area contributed by atoms with Crippen LogP contribution in [-0.4, -0.2) is 30.1 Å². The van der Waals surface area contributed by atoms with Crippen molar-refractivity contribution in [3.63, 3.8) is 0 Å². The Bertz CT molecular complexity index is 357. The van der Waals surface area contributed by atoms with Gasteiger partial charge in [0, 0.05) is 24.7 Å². The molecule has 1 aromatic carbocycles.